The Morgan fingerprint density at radius 2 is 2.24 bits per heavy atom. The molecule has 2 aliphatic heterocycles. The van der Waals surface area contributed by atoms with Gasteiger partial charge in [0.15, 0.2) is 0 Å². The van der Waals surface area contributed by atoms with Crippen LogP contribution in [0, 0.1) is 11.3 Å². The summed E-state index contributed by atoms with van der Waals surface area (Å²) in [5, 5.41) is 13.2. The molecule has 7 heteroatoms. The average Bonchev–Trinajstić information content (AvgIpc) is 3.16. The van der Waals surface area contributed by atoms with E-state index in [2.05, 4.69) is 11.4 Å². The van der Waals surface area contributed by atoms with Gasteiger partial charge in [0.25, 0.3) is 0 Å². The van der Waals surface area contributed by atoms with E-state index in [1.807, 2.05) is 24.3 Å². The molecule has 110 valence electrons. The number of nitrogens with zero attached hydrogens (tertiary/aromatic N) is 2. The van der Waals surface area contributed by atoms with Crippen molar-refractivity contribution in [1.82, 2.24) is 10.2 Å². The number of halogens is 1. The van der Waals surface area contributed by atoms with E-state index in [-0.39, 0.29) is 23.4 Å². The summed E-state index contributed by atoms with van der Waals surface area (Å²) in [6, 6.07) is 9.33. The maximum atomic E-state index is 12.5. The van der Waals surface area contributed by atoms with E-state index >= 15 is 0 Å². The van der Waals surface area contributed by atoms with E-state index in [1.165, 1.54) is 0 Å². The number of hydrogen-bond donors (Lipinski definition) is 1. The number of rotatable bonds is 2. The highest BCUT2D eigenvalue weighted by Crippen LogP contribution is 2.37. The number of nitrogens with one attached hydrogen (secondary N) is 1. The first-order chi connectivity index (χ1) is 10.2. The number of benzene rings is 1. The summed E-state index contributed by atoms with van der Waals surface area (Å²) in [5.74, 6) is 2.04. The lowest BCUT2D eigenvalue weighted by Gasteiger charge is -2.22. The zero-order valence-corrected chi connectivity index (χ0v) is 13.5. The topological polar surface area (TPSA) is 56.1 Å². The molecular weight excluding hydrogens is 326 g/mol. The molecule has 2 heterocycles. The number of hydrogen-bond acceptors (Lipinski definition) is 5. The first-order valence-electron chi connectivity index (χ1n) is 6.60. The van der Waals surface area contributed by atoms with E-state index in [1.54, 1.807) is 28.4 Å². The van der Waals surface area contributed by atoms with Crippen molar-refractivity contribution in [3.63, 3.8) is 0 Å². The third kappa shape index (κ3) is 3.02. The molecule has 3 atom stereocenters. The van der Waals surface area contributed by atoms with Crippen LogP contribution >= 0.6 is 35.1 Å². The van der Waals surface area contributed by atoms with Crippen LogP contribution in [-0.2, 0) is 4.79 Å². The van der Waals surface area contributed by atoms with Gasteiger partial charge in [-0.2, -0.15) is 5.26 Å². The fraction of sp³-hybridized carbons (Fsp3) is 0.429. The summed E-state index contributed by atoms with van der Waals surface area (Å²) in [7, 11) is 0. The Kier molecular flexibility index (Phi) is 4.65. The quantitative estimate of drug-likeness (QED) is 0.897. The fourth-order valence-corrected chi connectivity index (χ4v) is 5.11. The number of carbonyl (C=O) groups excluding carboxylic acids is 1. The monoisotopic (exact) mass is 339 g/mol. The van der Waals surface area contributed by atoms with Crippen LogP contribution in [0.4, 0.5) is 0 Å². The molecule has 0 bridgehead atoms. The minimum atomic E-state index is -0.298. The zero-order chi connectivity index (χ0) is 14.8. The lowest BCUT2D eigenvalue weighted by molar-refractivity contribution is -0.132. The number of amides is 1. The Labute approximate surface area is 137 Å². The van der Waals surface area contributed by atoms with Crippen LogP contribution in [0.5, 0.6) is 0 Å². The van der Waals surface area contributed by atoms with E-state index < -0.39 is 0 Å². The van der Waals surface area contributed by atoms with Crippen molar-refractivity contribution in [2.24, 2.45) is 0 Å². The summed E-state index contributed by atoms with van der Waals surface area (Å²) < 4.78 is 0. The molecule has 0 aliphatic carbocycles. The van der Waals surface area contributed by atoms with Crippen LogP contribution in [0.25, 0.3) is 0 Å². The molecule has 4 nitrogen and oxygen atoms in total. The molecule has 0 spiro atoms. The summed E-state index contributed by atoms with van der Waals surface area (Å²) in [4.78, 5) is 14.2. The predicted octanol–water partition coefficient (Wildman–Crippen LogP) is 2.47. The van der Waals surface area contributed by atoms with Crippen molar-refractivity contribution in [3.05, 3.63) is 34.9 Å². The Morgan fingerprint density at radius 1 is 1.43 bits per heavy atom. The maximum absolute atomic E-state index is 12.5. The molecule has 1 unspecified atom stereocenters. The van der Waals surface area contributed by atoms with Gasteiger partial charge in [0.1, 0.15) is 6.04 Å². The fourth-order valence-electron chi connectivity index (χ4n) is 2.45. The van der Waals surface area contributed by atoms with Crippen LogP contribution in [-0.4, -0.2) is 40.3 Å². The molecule has 21 heavy (non-hydrogen) atoms. The standard InChI is InChI=1S/C14H14ClN3OS2/c15-11-4-2-1-3-10(11)13-17-12(7-21-13)14(19)18-8-20-6-9(18)5-16/h1-4,9,12-13,17H,6-8H2/t9-,12+,13?/m1/s1. The summed E-state index contributed by atoms with van der Waals surface area (Å²) in [5.41, 5.74) is 1.01. The van der Waals surface area contributed by atoms with Crippen molar-refractivity contribution < 1.29 is 4.79 Å². The molecule has 2 aliphatic rings. The lowest BCUT2D eigenvalue weighted by atomic mass is 10.2. The Hall–Kier alpha value is -0.870. The first-order valence-corrected chi connectivity index (χ1v) is 9.19. The molecule has 3 rings (SSSR count). The van der Waals surface area contributed by atoms with Crippen molar-refractivity contribution in [1.29, 1.82) is 5.26 Å². The average molecular weight is 340 g/mol. The van der Waals surface area contributed by atoms with Crippen molar-refractivity contribution in [3.8, 4) is 6.07 Å². The normalized spacial score (nSPS) is 28.6. The molecule has 1 aromatic carbocycles. The smallest absolute Gasteiger partial charge is 0.242 e. The van der Waals surface area contributed by atoms with Gasteiger partial charge in [-0.15, -0.1) is 23.5 Å². The third-order valence-corrected chi connectivity index (χ3v) is 6.19. The third-order valence-electron chi connectivity index (χ3n) is 3.58. The van der Waals surface area contributed by atoms with Gasteiger partial charge in [-0.05, 0) is 11.6 Å². The largest absolute Gasteiger partial charge is 0.315 e. The second-order valence-electron chi connectivity index (χ2n) is 4.91. The maximum Gasteiger partial charge on any atom is 0.242 e. The molecule has 2 saturated heterocycles. The SMILES string of the molecule is N#C[C@@H]1CSCN1C(=O)[C@@H]1CSC(c2ccccc2Cl)N1. The molecule has 2 fully saturated rings. The summed E-state index contributed by atoms with van der Waals surface area (Å²) in [6.45, 7) is 0. The summed E-state index contributed by atoms with van der Waals surface area (Å²) >= 11 is 9.52. The number of nitriles is 1. The number of carbonyl (C=O) groups is 1. The van der Waals surface area contributed by atoms with Gasteiger partial charge < -0.3 is 4.90 Å². The van der Waals surface area contributed by atoms with Crippen LogP contribution in [0.2, 0.25) is 5.02 Å². The Morgan fingerprint density at radius 3 is 3.00 bits per heavy atom. The summed E-state index contributed by atoms with van der Waals surface area (Å²) in [6.07, 6.45) is 0. The first kappa shape index (κ1) is 15.0. The molecule has 0 aromatic heterocycles. The van der Waals surface area contributed by atoms with Gasteiger partial charge in [-0.3, -0.25) is 10.1 Å². The number of thioether (sulfide) groups is 2. The molecular formula is C14H14ClN3OS2. The van der Waals surface area contributed by atoms with Gasteiger partial charge >= 0.3 is 0 Å². The van der Waals surface area contributed by atoms with E-state index in [4.69, 9.17) is 16.9 Å². The molecule has 0 radical (unpaired) electrons. The van der Waals surface area contributed by atoms with Gasteiger partial charge in [-0.1, -0.05) is 29.8 Å². The Balaban J connectivity index is 1.69. The van der Waals surface area contributed by atoms with Gasteiger partial charge in [0, 0.05) is 16.5 Å². The van der Waals surface area contributed by atoms with Crippen molar-refractivity contribution in [2.45, 2.75) is 17.5 Å². The minimum Gasteiger partial charge on any atom is -0.315 e. The highest BCUT2D eigenvalue weighted by Gasteiger charge is 2.38. The molecule has 1 N–H and O–H groups in total. The highest BCUT2D eigenvalue weighted by atomic mass is 35.5. The van der Waals surface area contributed by atoms with Crippen LogP contribution < -0.4 is 5.32 Å². The van der Waals surface area contributed by atoms with Crippen molar-refractivity contribution in [2.75, 3.05) is 17.4 Å². The van der Waals surface area contributed by atoms with E-state index in [9.17, 15) is 4.79 Å². The molecule has 0 saturated carbocycles. The second-order valence-corrected chi connectivity index (χ2v) is 7.45. The second kappa shape index (κ2) is 6.49. The predicted molar refractivity (Wildman–Crippen MR) is 87.1 cm³/mol. The van der Waals surface area contributed by atoms with Gasteiger partial charge in [0.2, 0.25) is 5.91 Å². The minimum absolute atomic E-state index is 0.0219. The van der Waals surface area contributed by atoms with Gasteiger partial charge in [0.05, 0.1) is 23.4 Å². The van der Waals surface area contributed by atoms with Crippen LogP contribution in [0.15, 0.2) is 24.3 Å². The highest BCUT2D eigenvalue weighted by molar-refractivity contribution is 8.00. The van der Waals surface area contributed by atoms with E-state index in [0.717, 1.165) is 5.56 Å². The molecule has 1 amide bonds. The van der Waals surface area contributed by atoms with Crippen LogP contribution in [0.3, 0.4) is 0 Å². The lowest BCUT2D eigenvalue weighted by Crippen LogP contribution is -2.47. The molecule has 1 aromatic rings. The van der Waals surface area contributed by atoms with Gasteiger partial charge in [-0.25, -0.2) is 0 Å². The zero-order valence-electron chi connectivity index (χ0n) is 11.2. The van der Waals surface area contributed by atoms with E-state index in [0.29, 0.717) is 22.4 Å². The Bertz CT molecular complexity index is 592. The van der Waals surface area contributed by atoms with Crippen molar-refractivity contribution >= 4 is 41.0 Å². The van der Waals surface area contributed by atoms with Crippen LogP contribution in [0.1, 0.15) is 10.9 Å².